The Balaban J connectivity index is 1.51. The third-order valence-electron chi connectivity index (χ3n) is 9.68. The summed E-state index contributed by atoms with van der Waals surface area (Å²) < 4.78 is 2.39. The predicted molar refractivity (Wildman–Crippen MR) is 197 cm³/mol. The molecule has 0 saturated carbocycles. The number of aromatic amines is 2. The zero-order chi connectivity index (χ0) is 31.3. The normalized spacial score (nSPS) is 11.7. The third-order valence-corrected chi connectivity index (χ3v) is 9.68. The lowest BCUT2D eigenvalue weighted by molar-refractivity contribution is 0.946. The van der Waals surface area contributed by atoms with Gasteiger partial charge in [-0.1, -0.05) is 146 Å². The molecule has 3 heteroatoms. The lowest BCUT2D eigenvalue weighted by Crippen LogP contribution is -2.08. The molecule has 3 aromatic heterocycles. The predicted octanol–water partition coefficient (Wildman–Crippen LogP) is 11.3. The molecular weight excluding hydrogens is 571 g/mol. The minimum absolute atomic E-state index is 0.131. The van der Waals surface area contributed by atoms with Crippen LogP contribution in [-0.2, 0) is 7.05 Å². The van der Waals surface area contributed by atoms with E-state index in [9.17, 15) is 0 Å². The number of hydrogen-bond acceptors (Lipinski definition) is 0. The Morgan fingerprint density at radius 1 is 0.404 bits per heavy atom. The van der Waals surface area contributed by atoms with Crippen molar-refractivity contribution in [2.24, 2.45) is 7.05 Å². The molecule has 0 aliphatic heterocycles. The number of nitrogens with zero attached hydrogens (tertiary/aromatic N) is 1. The van der Waals surface area contributed by atoms with Crippen LogP contribution in [0.4, 0.5) is 0 Å². The van der Waals surface area contributed by atoms with Gasteiger partial charge in [0.2, 0.25) is 0 Å². The molecule has 2 N–H and O–H groups in total. The molecule has 224 valence electrons. The maximum absolute atomic E-state index is 3.90. The highest BCUT2D eigenvalue weighted by atomic mass is 15.0. The van der Waals surface area contributed by atoms with Gasteiger partial charge in [-0.25, -0.2) is 0 Å². The maximum Gasteiger partial charge on any atom is 0.0531 e. The van der Waals surface area contributed by atoms with E-state index < -0.39 is 0 Å². The first-order valence-corrected chi connectivity index (χ1v) is 16.2. The van der Waals surface area contributed by atoms with E-state index in [-0.39, 0.29) is 5.92 Å². The van der Waals surface area contributed by atoms with Crippen molar-refractivity contribution in [3.05, 3.63) is 180 Å². The average molecular weight is 604 g/mol. The number of aryl methyl sites for hydroxylation is 1. The van der Waals surface area contributed by atoms with Gasteiger partial charge in [0.15, 0.2) is 0 Å². The smallest absolute Gasteiger partial charge is 0.0531 e. The minimum atomic E-state index is -0.131. The van der Waals surface area contributed by atoms with Crippen molar-refractivity contribution in [3.63, 3.8) is 0 Å². The summed E-state index contributed by atoms with van der Waals surface area (Å²) in [5.41, 5.74) is 14.4. The van der Waals surface area contributed by atoms with Gasteiger partial charge in [0.1, 0.15) is 0 Å². The van der Waals surface area contributed by atoms with Crippen LogP contribution in [0, 0.1) is 0 Å². The Morgan fingerprint density at radius 3 is 1.32 bits per heavy atom. The van der Waals surface area contributed by atoms with E-state index in [1.165, 1.54) is 60.8 Å². The van der Waals surface area contributed by atoms with Crippen LogP contribution in [-0.4, -0.2) is 14.5 Å². The van der Waals surface area contributed by atoms with Crippen LogP contribution in [0.3, 0.4) is 0 Å². The van der Waals surface area contributed by atoms with Crippen molar-refractivity contribution < 1.29 is 0 Å². The van der Waals surface area contributed by atoms with Crippen molar-refractivity contribution >= 4 is 32.7 Å². The van der Waals surface area contributed by atoms with Crippen molar-refractivity contribution in [2.45, 2.75) is 5.92 Å². The standard InChI is InChI=1S/C44H33N3/c1-47-37-28-16-13-25-34(37)40(44(47)31-21-9-4-10-22-31)41(38-32-23-11-14-26-35(32)45-42(38)29-17-5-2-6-18-29)39-33-24-12-15-27-36(33)46-43(39)30-19-7-3-8-20-30/h2-28,41,45-46H,1H3. The van der Waals surface area contributed by atoms with Gasteiger partial charge in [-0.2, -0.15) is 0 Å². The SMILES string of the molecule is Cn1c(-c2ccccc2)c(C(c2c(-c3ccccc3)[nH]c3ccccc23)c2c(-c3ccccc3)[nH]c3ccccc23)c2ccccc21. The monoisotopic (exact) mass is 603 g/mol. The fraction of sp³-hybridized carbons (Fsp3) is 0.0455. The maximum atomic E-state index is 3.90. The summed E-state index contributed by atoms with van der Waals surface area (Å²) in [6, 6.07) is 58.9. The molecule has 0 amide bonds. The molecule has 0 aliphatic rings. The van der Waals surface area contributed by atoms with Crippen LogP contribution in [0.5, 0.6) is 0 Å². The average Bonchev–Trinajstić information content (AvgIpc) is 3.81. The first-order chi connectivity index (χ1) is 23.3. The number of aromatic nitrogens is 3. The second kappa shape index (κ2) is 11.1. The summed E-state index contributed by atoms with van der Waals surface area (Å²) >= 11 is 0. The lowest BCUT2D eigenvalue weighted by atomic mass is 9.78. The summed E-state index contributed by atoms with van der Waals surface area (Å²) in [5, 5.41) is 3.72. The highest BCUT2D eigenvalue weighted by Gasteiger charge is 2.34. The van der Waals surface area contributed by atoms with Crippen molar-refractivity contribution in [2.75, 3.05) is 0 Å². The number of rotatable bonds is 6. The molecule has 0 unspecified atom stereocenters. The van der Waals surface area contributed by atoms with E-state index in [0.29, 0.717) is 0 Å². The van der Waals surface area contributed by atoms with Crippen LogP contribution in [0.2, 0.25) is 0 Å². The van der Waals surface area contributed by atoms with E-state index in [2.05, 4.69) is 185 Å². The molecule has 9 aromatic rings. The number of hydrogen-bond donors (Lipinski definition) is 2. The molecule has 0 bridgehead atoms. The summed E-state index contributed by atoms with van der Waals surface area (Å²) in [7, 11) is 2.21. The number of H-pyrrole nitrogens is 2. The Hall–Kier alpha value is -6.06. The molecular formula is C44H33N3. The summed E-state index contributed by atoms with van der Waals surface area (Å²) in [5.74, 6) is -0.131. The Kier molecular flexibility index (Phi) is 6.43. The van der Waals surface area contributed by atoms with Gasteiger partial charge >= 0.3 is 0 Å². The van der Waals surface area contributed by atoms with E-state index in [1.807, 2.05) is 0 Å². The molecule has 9 rings (SSSR count). The van der Waals surface area contributed by atoms with Gasteiger partial charge < -0.3 is 14.5 Å². The lowest BCUT2D eigenvalue weighted by Gasteiger charge is -2.23. The number of nitrogens with one attached hydrogen (secondary N) is 2. The summed E-state index contributed by atoms with van der Waals surface area (Å²) in [6.45, 7) is 0. The number of fused-ring (bicyclic) bond motifs is 3. The fourth-order valence-electron chi connectivity index (χ4n) is 7.68. The van der Waals surface area contributed by atoms with Gasteiger partial charge in [0.25, 0.3) is 0 Å². The topological polar surface area (TPSA) is 36.5 Å². The first kappa shape index (κ1) is 27.3. The van der Waals surface area contributed by atoms with Crippen molar-refractivity contribution in [1.29, 1.82) is 0 Å². The molecule has 0 fully saturated rings. The second-order valence-corrected chi connectivity index (χ2v) is 12.3. The molecule has 0 aliphatic carbocycles. The van der Waals surface area contributed by atoms with Gasteiger partial charge in [-0.05, 0) is 51.6 Å². The van der Waals surface area contributed by atoms with E-state index in [0.717, 1.165) is 22.4 Å². The zero-order valence-corrected chi connectivity index (χ0v) is 26.1. The van der Waals surface area contributed by atoms with Crippen molar-refractivity contribution in [3.8, 4) is 33.8 Å². The molecule has 3 nitrogen and oxygen atoms in total. The molecule has 0 atom stereocenters. The van der Waals surface area contributed by atoms with Gasteiger partial charge in [-0.15, -0.1) is 0 Å². The van der Waals surface area contributed by atoms with Crippen LogP contribution in [0.15, 0.2) is 164 Å². The van der Waals surface area contributed by atoms with Crippen molar-refractivity contribution in [1.82, 2.24) is 14.5 Å². The Bertz CT molecular complexity index is 2400. The molecule has 0 saturated heterocycles. The highest BCUT2D eigenvalue weighted by molar-refractivity contribution is 6.02. The van der Waals surface area contributed by atoms with E-state index in [1.54, 1.807) is 0 Å². The fourth-order valence-corrected chi connectivity index (χ4v) is 7.68. The minimum Gasteiger partial charge on any atom is -0.354 e. The van der Waals surface area contributed by atoms with Gasteiger partial charge in [0, 0.05) is 45.7 Å². The Labute approximate surface area is 273 Å². The van der Waals surface area contributed by atoms with Gasteiger partial charge in [-0.3, -0.25) is 0 Å². The molecule has 0 spiro atoms. The van der Waals surface area contributed by atoms with E-state index in [4.69, 9.17) is 0 Å². The highest BCUT2D eigenvalue weighted by Crippen LogP contribution is 2.52. The summed E-state index contributed by atoms with van der Waals surface area (Å²) in [4.78, 5) is 7.79. The quantitative estimate of drug-likeness (QED) is 0.190. The zero-order valence-electron chi connectivity index (χ0n) is 26.1. The van der Waals surface area contributed by atoms with Crippen LogP contribution in [0.1, 0.15) is 22.6 Å². The largest absolute Gasteiger partial charge is 0.354 e. The van der Waals surface area contributed by atoms with Crippen LogP contribution >= 0.6 is 0 Å². The van der Waals surface area contributed by atoms with Crippen LogP contribution < -0.4 is 0 Å². The molecule has 3 heterocycles. The number of benzene rings is 6. The van der Waals surface area contributed by atoms with Gasteiger partial charge in [0.05, 0.1) is 17.1 Å². The Morgan fingerprint density at radius 2 is 0.809 bits per heavy atom. The molecule has 6 aromatic carbocycles. The van der Waals surface area contributed by atoms with Crippen LogP contribution in [0.25, 0.3) is 66.5 Å². The second-order valence-electron chi connectivity index (χ2n) is 12.3. The number of para-hydroxylation sites is 3. The summed E-state index contributed by atoms with van der Waals surface area (Å²) in [6.07, 6.45) is 0. The third kappa shape index (κ3) is 4.35. The molecule has 0 radical (unpaired) electrons. The first-order valence-electron chi connectivity index (χ1n) is 16.2. The molecule has 47 heavy (non-hydrogen) atoms. The van der Waals surface area contributed by atoms with E-state index >= 15 is 0 Å².